The van der Waals surface area contributed by atoms with E-state index in [1.807, 2.05) is 12.1 Å². The molecule has 18 heavy (non-hydrogen) atoms. The third-order valence-electron chi connectivity index (χ3n) is 3.63. The van der Waals surface area contributed by atoms with E-state index in [9.17, 15) is 8.78 Å². The first-order chi connectivity index (χ1) is 8.32. The van der Waals surface area contributed by atoms with Gasteiger partial charge in [-0.15, -0.1) is 0 Å². The molecule has 0 aliphatic carbocycles. The summed E-state index contributed by atoms with van der Waals surface area (Å²) in [7, 11) is 0. The Morgan fingerprint density at radius 2 is 1.61 bits per heavy atom. The van der Waals surface area contributed by atoms with Crippen molar-refractivity contribution >= 4 is 0 Å². The SMILES string of the molecule is CC(C)(C)c1ccc(C(F)(F)C2CCCN2)cc1. The van der Waals surface area contributed by atoms with Crippen molar-refractivity contribution in [3.63, 3.8) is 0 Å². The Kier molecular flexibility index (Phi) is 3.45. The summed E-state index contributed by atoms with van der Waals surface area (Å²) in [5.74, 6) is -2.77. The molecule has 1 N–H and O–H groups in total. The molecule has 1 unspecified atom stereocenters. The van der Waals surface area contributed by atoms with Crippen LogP contribution in [0, 0.1) is 0 Å². The Bertz CT molecular complexity index is 397. The number of alkyl halides is 2. The molecule has 0 bridgehead atoms. The van der Waals surface area contributed by atoms with Crippen LogP contribution in [0.25, 0.3) is 0 Å². The van der Waals surface area contributed by atoms with E-state index in [-0.39, 0.29) is 11.0 Å². The summed E-state index contributed by atoms with van der Waals surface area (Å²) in [6.07, 6.45) is 1.38. The second kappa shape index (κ2) is 4.61. The molecule has 100 valence electrons. The normalized spacial score (nSPS) is 21.3. The lowest BCUT2D eigenvalue weighted by Gasteiger charge is -2.25. The summed E-state index contributed by atoms with van der Waals surface area (Å²) >= 11 is 0. The Hall–Kier alpha value is -0.960. The molecular weight excluding hydrogens is 232 g/mol. The van der Waals surface area contributed by atoms with Crippen LogP contribution in [0.5, 0.6) is 0 Å². The summed E-state index contributed by atoms with van der Waals surface area (Å²) in [5.41, 5.74) is 1.20. The smallest absolute Gasteiger partial charge is 0.288 e. The van der Waals surface area contributed by atoms with Gasteiger partial charge in [-0.2, -0.15) is 8.78 Å². The summed E-state index contributed by atoms with van der Waals surface area (Å²) < 4.78 is 28.5. The zero-order valence-corrected chi connectivity index (χ0v) is 11.3. The largest absolute Gasteiger partial charge is 0.308 e. The highest BCUT2D eigenvalue weighted by Gasteiger charge is 2.42. The van der Waals surface area contributed by atoms with E-state index in [1.54, 1.807) is 12.1 Å². The highest BCUT2D eigenvalue weighted by Crippen LogP contribution is 2.36. The minimum absolute atomic E-state index is 0.000571. The summed E-state index contributed by atoms with van der Waals surface area (Å²) in [4.78, 5) is 0. The molecule has 0 amide bonds. The van der Waals surface area contributed by atoms with Crippen molar-refractivity contribution in [1.82, 2.24) is 5.32 Å². The zero-order valence-electron chi connectivity index (χ0n) is 11.3. The first kappa shape index (κ1) is 13.5. The molecule has 1 atom stereocenters. The molecule has 1 heterocycles. The van der Waals surface area contributed by atoms with Gasteiger partial charge in [0.15, 0.2) is 0 Å². The van der Waals surface area contributed by atoms with Gasteiger partial charge in [0, 0.05) is 5.56 Å². The van der Waals surface area contributed by atoms with E-state index in [2.05, 4.69) is 26.1 Å². The van der Waals surface area contributed by atoms with Crippen molar-refractivity contribution in [3.8, 4) is 0 Å². The van der Waals surface area contributed by atoms with E-state index in [0.717, 1.165) is 12.0 Å². The maximum absolute atomic E-state index is 14.2. The highest BCUT2D eigenvalue weighted by molar-refractivity contribution is 5.30. The molecule has 1 saturated heterocycles. The molecule has 1 aliphatic heterocycles. The number of halogens is 2. The summed E-state index contributed by atoms with van der Waals surface area (Å²) in [6.45, 7) is 6.94. The van der Waals surface area contributed by atoms with Crippen LogP contribution in [-0.2, 0) is 11.3 Å². The van der Waals surface area contributed by atoms with E-state index in [1.165, 1.54) is 0 Å². The standard InChI is InChI=1S/C15H21F2N/c1-14(2,3)11-6-8-12(9-7-11)15(16,17)13-5-4-10-18-13/h6-9,13,18H,4-5,10H2,1-3H3. The fourth-order valence-corrected chi connectivity index (χ4v) is 2.39. The molecule has 1 aliphatic rings. The van der Waals surface area contributed by atoms with Crippen molar-refractivity contribution in [2.75, 3.05) is 6.54 Å². The predicted molar refractivity (Wildman–Crippen MR) is 70.1 cm³/mol. The molecule has 1 aromatic carbocycles. The Morgan fingerprint density at radius 1 is 1.06 bits per heavy atom. The first-order valence-electron chi connectivity index (χ1n) is 6.54. The van der Waals surface area contributed by atoms with Crippen molar-refractivity contribution in [2.45, 2.75) is 51.0 Å². The van der Waals surface area contributed by atoms with E-state index < -0.39 is 12.0 Å². The zero-order chi connectivity index (χ0) is 13.4. The Balaban J connectivity index is 2.23. The Labute approximate surface area is 108 Å². The molecule has 3 heteroatoms. The molecule has 0 spiro atoms. The predicted octanol–water partition coefficient (Wildman–Crippen LogP) is 3.83. The minimum atomic E-state index is -2.77. The quantitative estimate of drug-likeness (QED) is 0.844. The molecule has 0 radical (unpaired) electrons. The van der Waals surface area contributed by atoms with Crippen LogP contribution in [-0.4, -0.2) is 12.6 Å². The Morgan fingerprint density at radius 3 is 2.06 bits per heavy atom. The van der Waals surface area contributed by atoms with E-state index in [0.29, 0.717) is 13.0 Å². The van der Waals surface area contributed by atoms with Gasteiger partial charge in [0.2, 0.25) is 0 Å². The third kappa shape index (κ3) is 2.56. The highest BCUT2D eigenvalue weighted by atomic mass is 19.3. The van der Waals surface area contributed by atoms with Gasteiger partial charge >= 0.3 is 0 Å². The maximum atomic E-state index is 14.2. The summed E-state index contributed by atoms with van der Waals surface area (Å²) in [6, 6.07) is 6.07. The van der Waals surface area contributed by atoms with Crippen LogP contribution in [0.2, 0.25) is 0 Å². The number of nitrogens with one attached hydrogen (secondary N) is 1. The van der Waals surface area contributed by atoms with Gasteiger partial charge in [-0.05, 0) is 30.4 Å². The van der Waals surface area contributed by atoms with Gasteiger partial charge in [0.1, 0.15) is 0 Å². The second-order valence-corrected chi connectivity index (χ2v) is 6.10. The average Bonchev–Trinajstić information content (AvgIpc) is 2.82. The lowest BCUT2D eigenvalue weighted by atomic mass is 9.86. The topological polar surface area (TPSA) is 12.0 Å². The van der Waals surface area contributed by atoms with Crippen LogP contribution in [0.4, 0.5) is 8.78 Å². The average molecular weight is 253 g/mol. The molecule has 2 rings (SSSR count). The van der Waals surface area contributed by atoms with Crippen molar-refractivity contribution < 1.29 is 8.78 Å². The first-order valence-corrected chi connectivity index (χ1v) is 6.54. The van der Waals surface area contributed by atoms with Crippen molar-refractivity contribution in [2.24, 2.45) is 0 Å². The molecule has 1 fully saturated rings. The number of hydrogen-bond donors (Lipinski definition) is 1. The van der Waals surface area contributed by atoms with Gasteiger partial charge in [-0.1, -0.05) is 45.0 Å². The van der Waals surface area contributed by atoms with Gasteiger partial charge in [-0.3, -0.25) is 0 Å². The molecule has 0 aromatic heterocycles. The summed E-state index contributed by atoms with van der Waals surface area (Å²) in [5, 5.41) is 2.89. The molecule has 1 aromatic rings. The third-order valence-corrected chi connectivity index (χ3v) is 3.63. The molecular formula is C15H21F2N. The van der Waals surface area contributed by atoms with Crippen LogP contribution in [0.3, 0.4) is 0 Å². The monoisotopic (exact) mass is 253 g/mol. The van der Waals surface area contributed by atoms with Crippen LogP contribution in [0.1, 0.15) is 44.7 Å². The number of hydrogen-bond acceptors (Lipinski definition) is 1. The number of benzene rings is 1. The lowest BCUT2D eigenvalue weighted by Crippen LogP contribution is -2.38. The second-order valence-electron chi connectivity index (χ2n) is 6.10. The molecule has 1 nitrogen and oxygen atoms in total. The van der Waals surface area contributed by atoms with Gasteiger partial charge in [0.25, 0.3) is 5.92 Å². The van der Waals surface area contributed by atoms with E-state index in [4.69, 9.17) is 0 Å². The number of rotatable bonds is 2. The van der Waals surface area contributed by atoms with Gasteiger partial charge in [0.05, 0.1) is 6.04 Å². The van der Waals surface area contributed by atoms with Crippen molar-refractivity contribution in [1.29, 1.82) is 0 Å². The fourth-order valence-electron chi connectivity index (χ4n) is 2.39. The lowest BCUT2D eigenvalue weighted by molar-refractivity contribution is -0.0376. The molecule has 0 saturated carbocycles. The van der Waals surface area contributed by atoms with Crippen LogP contribution < -0.4 is 5.32 Å². The van der Waals surface area contributed by atoms with Crippen LogP contribution >= 0.6 is 0 Å². The van der Waals surface area contributed by atoms with E-state index >= 15 is 0 Å². The van der Waals surface area contributed by atoms with Gasteiger partial charge < -0.3 is 5.32 Å². The minimum Gasteiger partial charge on any atom is -0.308 e. The van der Waals surface area contributed by atoms with Gasteiger partial charge in [-0.25, -0.2) is 0 Å². The fraction of sp³-hybridized carbons (Fsp3) is 0.600. The maximum Gasteiger partial charge on any atom is 0.288 e. The van der Waals surface area contributed by atoms with Crippen LogP contribution in [0.15, 0.2) is 24.3 Å². The van der Waals surface area contributed by atoms with Crippen molar-refractivity contribution in [3.05, 3.63) is 35.4 Å².